The van der Waals surface area contributed by atoms with Crippen LogP contribution in [0.3, 0.4) is 0 Å². The van der Waals surface area contributed by atoms with E-state index < -0.39 is 0 Å². The summed E-state index contributed by atoms with van der Waals surface area (Å²) in [5, 5.41) is 10.0. The second kappa shape index (κ2) is 10.3. The van der Waals surface area contributed by atoms with Crippen molar-refractivity contribution >= 4 is 11.9 Å². The molecule has 0 saturated heterocycles. The van der Waals surface area contributed by atoms with Crippen LogP contribution in [0.2, 0.25) is 0 Å². The van der Waals surface area contributed by atoms with Gasteiger partial charge in [-0.3, -0.25) is 9.79 Å². The summed E-state index contributed by atoms with van der Waals surface area (Å²) in [6.07, 6.45) is 7.24. The summed E-state index contributed by atoms with van der Waals surface area (Å²) in [6.45, 7) is 3.52. The summed E-state index contributed by atoms with van der Waals surface area (Å²) in [4.78, 5) is 16.7. The molecule has 0 spiro atoms. The molecule has 0 bridgehead atoms. The maximum absolute atomic E-state index is 12.3. The van der Waals surface area contributed by atoms with Crippen LogP contribution in [0.5, 0.6) is 5.75 Å². The van der Waals surface area contributed by atoms with E-state index in [4.69, 9.17) is 4.74 Å². The molecule has 0 aliphatic heterocycles. The largest absolute Gasteiger partial charge is 0.493 e. The third-order valence-electron chi connectivity index (χ3n) is 5.50. The lowest BCUT2D eigenvalue weighted by molar-refractivity contribution is -0.126. The Balaban J connectivity index is 1.34. The van der Waals surface area contributed by atoms with Gasteiger partial charge in [0.15, 0.2) is 5.96 Å². The quantitative estimate of drug-likeness (QED) is 0.365. The molecule has 2 atom stereocenters. The van der Waals surface area contributed by atoms with E-state index in [1.165, 1.54) is 0 Å². The minimum atomic E-state index is 0.132. The van der Waals surface area contributed by atoms with Crippen LogP contribution in [0.25, 0.3) is 0 Å². The van der Waals surface area contributed by atoms with Crippen molar-refractivity contribution in [1.29, 1.82) is 0 Å². The first kappa shape index (κ1) is 20.5. The molecule has 6 heteroatoms. The number of nitrogens with zero attached hydrogens (tertiary/aromatic N) is 1. The average molecular weight is 387 g/mol. The first-order valence-corrected chi connectivity index (χ1v) is 10.6. The first-order chi connectivity index (χ1) is 13.7. The summed E-state index contributed by atoms with van der Waals surface area (Å²) in [5.41, 5.74) is 1.16. The van der Waals surface area contributed by atoms with Gasteiger partial charge in [-0.15, -0.1) is 0 Å². The zero-order valence-electron chi connectivity index (χ0n) is 17.2. The summed E-state index contributed by atoms with van der Waals surface area (Å²) in [7, 11) is 1.79. The molecule has 1 aromatic carbocycles. The highest BCUT2D eigenvalue weighted by atomic mass is 16.5. The molecule has 154 valence electrons. The van der Waals surface area contributed by atoms with E-state index in [1.54, 1.807) is 7.05 Å². The predicted molar refractivity (Wildman–Crippen MR) is 113 cm³/mol. The van der Waals surface area contributed by atoms with Crippen LogP contribution in [0.15, 0.2) is 29.3 Å². The Morgan fingerprint density at radius 2 is 1.96 bits per heavy atom. The lowest BCUT2D eigenvalue weighted by atomic mass is 9.85. The molecule has 1 aromatic rings. The van der Waals surface area contributed by atoms with E-state index in [0.29, 0.717) is 18.7 Å². The topological polar surface area (TPSA) is 74.8 Å². The van der Waals surface area contributed by atoms with Crippen molar-refractivity contribution in [3.63, 3.8) is 0 Å². The van der Waals surface area contributed by atoms with Gasteiger partial charge in [0.2, 0.25) is 5.91 Å². The van der Waals surface area contributed by atoms with Crippen molar-refractivity contribution in [2.75, 3.05) is 20.2 Å². The number of carbonyl (C=O) groups excluding carboxylic acids is 1. The number of aliphatic imine (C=N–C) groups is 1. The number of guanidine groups is 1. The van der Waals surface area contributed by atoms with Gasteiger partial charge < -0.3 is 20.7 Å². The van der Waals surface area contributed by atoms with Crippen LogP contribution in [0.4, 0.5) is 0 Å². The Hall–Kier alpha value is -2.24. The van der Waals surface area contributed by atoms with E-state index in [2.05, 4.69) is 33.9 Å². The number of benzene rings is 1. The van der Waals surface area contributed by atoms with Crippen molar-refractivity contribution in [2.24, 2.45) is 10.9 Å². The highest BCUT2D eigenvalue weighted by Gasteiger charge is 2.31. The molecule has 0 aromatic heterocycles. The number of carbonyl (C=O) groups is 1. The zero-order chi connectivity index (χ0) is 19.8. The van der Waals surface area contributed by atoms with Gasteiger partial charge in [-0.25, -0.2) is 0 Å². The number of hydrogen-bond donors (Lipinski definition) is 3. The number of amides is 1. The van der Waals surface area contributed by atoms with Crippen LogP contribution >= 0.6 is 0 Å². The van der Waals surface area contributed by atoms with Crippen molar-refractivity contribution < 1.29 is 9.53 Å². The van der Waals surface area contributed by atoms with Crippen LogP contribution < -0.4 is 20.7 Å². The van der Waals surface area contributed by atoms with Crippen LogP contribution in [0.1, 0.15) is 50.5 Å². The average Bonchev–Trinajstić information content (AvgIpc) is 3.52. The highest BCUT2D eigenvalue weighted by Crippen LogP contribution is 2.26. The molecule has 3 N–H and O–H groups in total. The molecule has 1 amide bonds. The van der Waals surface area contributed by atoms with E-state index >= 15 is 0 Å². The molecule has 2 unspecified atom stereocenters. The van der Waals surface area contributed by atoms with Crippen LogP contribution in [0, 0.1) is 12.8 Å². The molecular formula is C22H34N4O2. The SMILES string of the molecule is CN=C(NCCCOc1ccccc1C)NC1CCCC(C(=O)NC2CC2)C1. The van der Waals surface area contributed by atoms with Gasteiger partial charge in [-0.2, -0.15) is 0 Å². The number of hydrogen-bond acceptors (Lipinski definition) is 3. The summed E-state index contributed by atoms with van der Waals surface area (Å²) >= 11 is 0. The fourth-order valence-electron chi connectivity index (χ4n) is 3.67. The molecule has 0 radical (unpaired) electrons. The zero-order valence-corrected chi connectivity index (χ0v) is 17.2. The molecular weight excluding hydrogens is 352 g/mol. The smallest absolute Gasteiger partial charge is 0.223 e. The third-order valence-corrected chi connectivity index (χ3v) is 5.50. The maximum Gasteiger partial charge on any atom is 0.223 e. The van der Waals surface area contributed by atoms with Crippen molar-refractivity contribution in [2.45, 2.75) is 64.0 Å². The number of nitrogens with one attached hydrogen (secondary N) is 3. The normalized spacial score (nSPS) is 22.4. The van der Waals surface area contributed by atoms with Gasteiger partial charge in [0.05, 0.1) is 6.61 Å². The van der Waals surface area contributed by atoms with Gasteiger partial charge in [0, 0.05) is 31.6 Å². The van der Waals surface area contributed by atoms with Crippen molar-refractivity contribution in [3.05, 3.63) is 29.8 Å². The lowest BCUT2D eigenvalue weighted by Crippen LogP contribution is -2.47. The van der Waals surface area contributed by atoms with E-state index in [-0.39, 0.29) is 11.8 Å². The predicted octanol–water partition coefficient (Wildman–Crippen LogP) is 2.77. The number of ether oxygens (including phenoxy) is 1. The minimum absolute atomic E-state index is 0.132. The standard InChI is InChI=1S/C22H34N4O2/c1-16-7-3-4-10-20(16)28-14-6-13-24-22(23-2)26-19-9-5-8-17(15-19)21(27)25-18-11-12-18/h3-4,7,10,17-19H,5-6,8-9,11-15H2,1-2H3,(H,25,27)(H2,23,24,26). The molecule has 2 fully saturated rings. The molecule has 6 nitrogen and oxygen atoms in total. The second-order valence-electron chi connectivity index (χ2n) is 7.95. The highest BCUT2D eigenvalue weighted by molar-refractivity contribution is 5.81. The number of rotatable bonds is 8. The van der Waals surface area contributed by atoms with Crippen molar-refractivity contribution in [3.8, 4) is 5.75 Å². The van der Waals surface area contributed by atoms with E-state index in [0.717, 1.165) is 68.8 Å². The molecule has 28 heavy (non-hydrogen) atoms. The number of para-hydroxylation sites is 1. The van der Waals surface area contributed by atoms with Gasteiger partial charge in [0.25, 0.3) is 0 Å². The van der Waals surface area contributed by atoms with Crippen LogP contribution in [-0.2, 0) is 4.79 Å². The fraction of sp³-hybridized carbons (Fsp3) is 0.636. The van der Waals surface area contributed by atoms with Gasteiger partial charge in [-0.1, -0.05) is 24.6 Å². The Morgan fingerprint density at radius 3 is 2.71 bits per heavy atom. The fourth-order valence-corrected chi connectivity index (χ4v) is 3.67. The van der Waals surface area contributed by atoms with E-state index in [1.807, 2.05) is 18.2 Å². The maximum atomic E-state index is 12.3. The molecule has 2 aliphatic carbocycles. The summed E-state index contributed by atoms with van der Waals surface area (Å²) < 4.78 is 5.83. The first-order valence-electron chi connectivity index (χ1n) is 10.6. The Labute approximate surface area is 168 Å². The molecule has 0 heterocycles. The lowest BCUT2D eigenvalue weighted by Gasteiger charge is -2.30. The van der Waals surface area contributed by atoms with Crippen molar-refractivity contribution in [1.82, 2.24) is 16.0 Å². The monoisotopic (exact) mass is 386 g/mol. The van der Waals surface area contributed by atoms with Gasteiger partial charge in [0.1, 0.15) is 5.75 Å². The second-order valence-corrected chi connectivity index (χ2v) is 7.95. The van der Waals surface area contributed by atoms with Crippen LogP contribution in [-0.4, -0.2) is 44.1 Å². The summed E-state index contributed by atoms with van der Waals surface area (Å²) in [5.74, 6) is 2.13. The summed E-state index contributed by atoms with van der Waals surface area (Å²) in [6, 6.07) is 8.82. The Bertz CT molecular complexity index is 672. The van der Waals surface area contributed by atoms with Gasteiger partial charge >= 0.3 is 0 Å². The van der Waals surface area contributed by atoms with E-state index in [9.17, 15) is 4.79 Å². The molecule has 2 saturated carbocycles. The Kier molecular flexibility index (Phi) is 7.57. The molecule has 3 rings (SSSR count). The molecule has 2 aliphatic rings. The third kappa shape index (κ3) is 6.43. The Morgan fingerprint density at radius 1 is 1.14 bits per heavy atom. The number of aryl methyl sites for hydroxylation is 1. The minimum Gasteiger partial charge on any atom is -0.493 e. The van der Waals surface area contributed by atoms with Gasteiger partial charge in [-0.05, 0) is 57.1 Å².